The van der Waals surface area contributed by atoms with Crippen LogP contribution in [0.15, 0.2) is 66.0 Å². The van der Waals surface area contributed by atoms with Gasteiger partial charge in [0.15, 0.2) is 0 Å². The topological polar surface area (TPSA) is 49.4 Å². The minimum atomic E-state index is -0.666. The Morgan fingerprint density at radius 1 is 1.10 bits per heavy atom. The molecule has 31 heavy (non-hydrogen) atoms. The molecule has 1 N–H and O–H groups in total. The van der Waals surface area contributed by atoms with Crippen molar-refractivity contribution in [2.75, 3.05) is 20.1 Å². The van der Waals surface area contributed by atoms with Gasteiger partial charge in [-0.3, -0.25) is 9.59 Å². The number of rotatable bonds is 6. The Bertz CT molecular complexity index is 1070. The minimum Gasteiger partial charge on any atom is -0.359 e. The van der Waals surface area contributed by atoms with Gasteiger partial charge in [-0.25, -0.2) is 4.39 Å². The number of amides is 2. The number of nitrogens with one attached hydrogen (secondary N) is 1. The lowest BCUT2D eigenvalue weighted by molar-refractivity contribution is -0.132. The fraction of sp³-hybridized carbons (Fsp3) is 0.280. The van der Waals surface area contributed by atoms with Crippen LogP contribution in [0, 0.1) is 11.2 Å². The van der Waals surface area contributed by atoms with Gasteiger partial charge >= 0.3 is 0 Å². The van der Waals surface area contributed by atoms with Gasteiger partial charge in [-0.15, -0.1) is 11.3 Å². The van der Waals surface area contributed by atoms with Crippen LogP contribution in [0.1, 0.15) is 17.5 Å². The Morgan fingerprint density at radius 2 is 1.87 bits per heavy atom. The first-order valence-corrected chi connectivity index (χ1v) is 11.2. The average molecular weight is 437 g/mol. The quantitative estimate of drug-likeness (QED) is 0.626. The summed E-state index contributed by atoms with van der Waals surface area (Å²) in [5.41, 5.74) is 2.35. The fourth-order valence-corrected chi connectivity index (χ4v) is 5.15. The highest BCUT2D eigenvalue weighted by Crippen LogP contribution is 2.38. The second-order valence-electron chi connectivity index (χ2n) is 8.04. The first kappa shape index (κ1) is 21.2. The Kier molecular flexibility index (Phi) is 6.18. The molecule has 1 atom stereocenters. The molecule has 1 fully saturated rings. The van der Waals surface area contributed by atoms with Gasteiger partial charge in [-0.05, 0) is 53.1 Å². The highest BCUT2D eigenvalue weighted by atomic mass is 32.1. The molecule has 1 aromatic heterocycles. The van der Waals surface area contributed by atoms with Crippen LogP contribution < -0.4 is 5.32 Å². The lowest BCUT2D eigenvalue weighted by Gasteiger charge is -2.28. The van der Waals surface area contributed by atoms with Crippen molar-refractivity contribution in [3.63, 3.8) is 0 Å². The van der Waals surface area contributed by atoms with Gasteiger partial charge in [0.25, 0.3) is 0 Å². The van der Waals surface area contributed by atoms with Crippen LogP contribution in [-0.4, -0.2) is 36.9 Å². The molecule has 2 aromatic carbocycles. The highest BCUT2D eigenvalue weighted by molar-refractivity contribution is 7.13. The number of hydrogen-bond acceptors (Lipinski definition) is 3. The molecule has 0 spiro atoms. The smallest absolute Gasteiger partial charge is 0.228 e. The van der Waals surface area contributed by atoms with E-state index in [2.05, 4.69) is 23.5 Å². The van der Waals surface area contributed by atoms with Gasteiger partial charge in [-0.1, -0.05) is 42.5 Å². The lowest BCUT2D eigenvalue weighted by atomic mass is 9.78. The number of thiophene rings is 1. The summed E-state index contributed by atoms with van der Waals surface area (Å²) >= 11 is 1.68. The summed E-state index contributed by atoms with van der Waals surface area (Å²) in [6, 6.07) is 18.3. The zero-order valence-corrected chi connectivity index (χ0v) is 18.3. The summed E-state index contributed by atoms with van der Waals surface area (Å²) in [5.74, 6) is -0.394. The van der Waals surface area contributed by atoms with Gasteiger partial charge in [0.05, 0.1) is 11.8 Å². The third-order valence-corrected chi connectivity index (χ3v) is 6.92. The molecular formula is C25H25FN2O2S. The standard InChI is InChI=1S/C25H25FN2O2S/c1-27-24(30)25(16-19-5-2-3-6-21(19)22-7-4-14-31-22)12-13-28(17-25)23(29)15-18-8-10-20(26)11-9-18/h2-11,14H,12-13,15-17H2,1H3,(H,27,30). The zero-order chi connectivity index (χ0) is 21.8. The second-order valence-corrected chi connectivity index (χ2v) is 8.99. The number of hydrogen-bond donors (Lipinski definition) is 1. The summed E-state index contributed by atoms with van der Waals surface area (Å²) in [6.07, 6.45) is 1.39. The Labute approximate surface area is 185 Å². The van der Waals surface area contributed by atoms with Crippen LogP contribution in [0.4, 0.5) is 4.39 Å². The lowest BCUT2D eigenvalue weighted by Crippen LogP contribution is -2.44. The maximum Gasteiger partial charge on any atom is 0.228 e. The summed E-state index contributed by atoms with van der Waals surface area (Å²) < 4.78 is 13.2. The summed E-state index contributed by atoms with van der Waals surface area (Å²) in [5, 5.41) is 4.87. The van der Waals surface area contributed by atoms with E-state index in [0.717, 1.165) is 16.7 Å². The van der Waals surface area contributed by atoms with Gasteiger partial charge in [0, 0.05) is 25.0 Å². The van der Waals surface area contributed by atoms with Gasteiger partial charge < -0.3 is 10.2 Å². The third kappa shape index (κ3) is 4.54. The largest absolute Gasteiger partial charge is 0.359 e. The molecule has 1 aliphatic rings. The summed E-state index contributed by atoms with van der Waals surface area (Å²) in [7, 11) is 1.65. The molecule has 1 saturated heterocycles. The molecule has 4 nitrogen and oxygen atoms in total. The molecule has 0 saturated carbocycles. The van der Waals surface area contributed by atoms with Crippen LogP contribution in [0.3, 0.4) is 0 Å². The van der Waals surface area contributed by atoms with Gasteiger partial charge in [0.1, 0.15) is 5.82 Å². The predicted molar refractivity (Wildman–Crippen MR) is 121 cm³/mol. The maximum absolute atomic E-state index is 13.2. The van der Waals surface area contributed by atoms with Crippen molar-refractivity contribution in [1.82, 2.24) is 10.2 Å². The SMILES string of the molecule is CNC(=O)C1(Cc2ccccc2-c2cccs2)CCN(C(=O)Cc2ccc(F)cc2)C1. The van der Waals surface area contributed by atoms with Gasteiger partial charge in [-0.2, -0.15) is 0 Å². The van der Waals surface area contributed by atoms with E-state index in [1.165, 1.54) is 17.0 Å². The van der Waals surface area contributed by atoms with E-state index >= 15 is 0 Å². The van der Waals surface area contributed by atoms with Crippen molar-refractivity contribution in [2.45, 2.75) is 19.3 Å². The molecule has 2 amide bonds. The summed E-state index contributed by atoms with van der Waals surface area (Å²) in [4.78, 5) is 28.9. The van der Waals surface area contributed by atoms with E-state index in [1.54, 1.807) is 35.4 Å². The van der Waals surface area contributed by atoms with E-state index in [1.807, 2.05) is 23.6 Å². The van der Waals surface area contributed by atoms with Crippen molar-refractivity contribution in [3.05, 3.63) is 83.0 Å². The fourth-order valence-electron chi connectivity index (χ4n) is 4.36. The van der Waals surface area contributed by atoms with Crippen LogP contribution in [0.25, 0.3) is 10.4 Å². The van der Waals surface area contributed by atoms with Crippen molar-refractivity contribution in [2.24, 2.45) is 5.41 Å². The molecule has 0 radical (unpaired) electrons. The molecule has 6 heteroatoms. The van der Waals surface area contributed by atoms with Crippen molar-refractivity contribution in [1.29, 1.82) is 0 Å². The highest BCUT2D eigenvalue weighted by Gasteiger charge is 2.45. The van der Waals surface area contributed by atoms with Crippen LogP contribution in [0.2, 0.25) is 0 Å². The van der Waals surface area contributed by atoms with E-state index in [0.29, 0.717) is 25.9 Å². The van der Waals surface area contributed by atoms with Crippen LogP contribution in [-0.2, 0) is 22.4 Å². The molecule has 160 valence electrons. The van der Waals surface area contributed by atoms with Crippen molar-refractivity contribution in [3.8, 4) is 10.4 Å². The van der Waals surface area contributed by atoms with E-state index < -0.39 is 5.41 Å². The Hall–Kier alpha value is -2.99. The summed E-state index contributed by atoms with van der Waals surface area (Å²) in [6.45, 7) is 0.917. The number of carbonyl (C=O) groups is 2. The zero-order valence-electron chi connectivity index (χ0n) is 17.4. The monoisotopic (exact) mass is 436 g/mol. The molecule has 4 rings (SSSR count). The third-order valence-electron chi connectivity index (χ3n) is 6.02. The van der Waals surface area contributed by atoms with Crippen LogP contribution in [0.5, 0.6) is 0 Å². The van der Waals surface area contributed by atoms with Crippen molar-refractivity contribution < 1.29 is 14.0 Å². The number of likely N-dealkylation sites (tertiary alicyclic amines) is 1. The molecular weight excluding hydrogens is 411 g/mol. The number of halogens is 1. The van der Waals surface area contributed by atoms with Crippen LogP contribution >= 0.6 is 11.3 Å². The maximum atomic E-state index is 13.2. The van der Waals surface area contributed by atoms with Crippen molar-refractivity contribution >= 4 is 23.2 Å². The first-order chi connectivity index (χ1) is 15.0. The Morgan fingerprint density at radius 3 is 2.58 bits per heavy atom. The molecule has 1 aliphatic heterocycles. The number of nitrogens with zero attached hydrogens (tertiary/aromatic N) is 1. The molecule has 2 heterocycles. The predicted octanol–water partition coefficient (Wildman–Crippen LogP) is 4.30. The molecule has 0 aliphatic carbocycles. The second kappa shape index (κ2) is 9.02. The minimum absolute atomic E-state index is 0.0365. The molecule has 1 unspecified atom stereocenters. The first-order valence-electron chi connectivity index (χ1n) is 10.4. The van der Waals surface area contributed by atoms with E-state index in [9.17, 15) is 14.0 Å². The Balaban J connectivity index is 1.55. The average Bonchev–Trinajstić information content (AvgIpc) is 3.46. The normalized spacial score (nSPS) is 18.2. The molecule has 3 aromatic rings. The van der Waals surface area contributed by atoms with Gasteiger partial charge in [0.2, 0.25) is 11.8 Å². The van der Waals surface area contributed by atoms with E-state index in [4.69, 9.17) is 0 Å². The van der Waals surface area contributed by atoms with E-state index in [-0.39, 0.29) is 24.1 Å². The molecule has 0 bridgehead atoms. The number of carbonyl (C=O) groups excluding carboxylic acids is 2. The number of benzene rings is 2.